The van der Waals surface area contributed by atoms with Gasteiger partial charge in [0.1, 0.15) is 0 Å². The second-order valence-electron chi connectivity index (χ2n) is 5.91. The number of hydrogen-bond donors (Lipinski definition) is 1. The second kappa shape index (κ2) is 6.55. The summed E-state index contributed by atoms with van der Waals surface area (Å²) in [5, 5.41) is 3.49. The van der Waals surface area contributed by atoms with E-state index in [0.29, 0.717) is 12.6 Å². The normalized spacial score (nSPS) is 28.1. The van der Waals surface area contributed by atoms with Crippen molar-refractivity contribution in [2.75, 3.05) is 19.6 Å². The van der Waals surface area contributed by atoms with E-state index in [9.17, 15) is 4.79 Å². The highest BCUT2D eigenvalue weighted by molar-refractivity contribution is 5.78. The number of nitrogens with one attached hydrogen (secondary N) is 1. The molecule has 2 fully saturated rings. The van der Waals surface area contributed by atoms with Gasteiger partial charge >= 0.3 is 0 Å². The molecule has 3 heteroatoms. The topological polar surface area (TPSA) is 32.3 Å². The molecule has 0 heterocycles. The summed E-state index contributed by atoms with van der Waals surface area (Å²) in [6.07, 6.45) is 8.24. The third kappa shape index (κ3) is 3.71. The van der Waals surface area contributed by atoms with Gasteiger partial charge in [0.2, 0.25) is 5.91 Å². The van der Waals surface area contributed by atoms with Crippen LogP contribution in [0.2, 0.25) is 0 Å². The molecular weight excluding hydrogens is 224 g/mol. The standard InChI is InChI=1S/C15H28N2O/c1-3-17(4-2)15(18)11-16-14-7-5-6-13(10-14)12-8-9-12/h12-14,16H,3-11H2,1-2H3. The first-order valence-corrected chi connectivity index (χ1v) is 7.75. The molecule has 0 bridgehead atoms. The highest BCUT2D eigenvalue weighted by Gasteiger charge is 2.34. The average Bonchev–Trinajstić information content (AvgIpc) is 3.22. The maximum atomic E-state index is 11.9. The summed E-state index contributed by atoms with van der Waals surface area (Å²) in [5.41, 5.74) is 0. The van der Waals surface area contributed by atoms with E-state index in [1.54, 1.807) is 0 Å². The molecule has 2 aliphatic carbocycles. The van der Waals surface area contributed by atoms with Crippen LogP contribution in [0.3, 0.4) is 0 Å². The van der Waals surface area contributed by atoms with Crippen LogP contribution in [0.1, 0.15) is 52.4 Å². The Morgan fingerprint density at radius 3 is 2.44 bits per heavy atom. The zero-order chi connectivity index (χ0) is 13.0. The summed E-state index contributed by atoms with van der Waals surface area (Å²) in [5.74, 6) is 2.22. The predicted octanol–water partition coefficient (Wildman–Crippen LogP) is 2.41. The summed E-state index contributed by atoms with van der Waals surface area (Å²) < 4.78 is 0. The van der Waals surface area contributed by atoms with Crippen molar-refractivity contribution in [2.45, 2.75) is 58.4 Å². The molecule has 18 heavy (non-hydrogen) atoms. The maximum Gasteiger partial charge on any atom is 0.236 e. The van der Waals surface area contributed by atoms with Crippen LogP contribution in [-0.4, -0.2) is 36.5 Å². The largest absolute Gasteiger partial charge is 0.342 e. The molecule has 2 aliphatic rings. The third-order valence-corrected chi connectivity index (χ3v) is 4.66. The molecule has 2 atom stereocenters. The van der Waals surface area contributed by atoms with Gasteiger partial charge in [-0.15, -0.1) is 0 Å². The summed E-state index contributed by atoms with van der Waals surface area (Å²) in [6, 6.07) is 0.587. The molecule has 104 valence electrons. The number of carbonyl (C=O) groups is 1. The zero-order valence-electron chi connectivity index (χ0n) is 12.0. The molecule has 2 unspecified atom stereocenters. The highest BCUT2D eigenvalue weighted by atomic mass is 16.2. The SMILES string of the molecule is CCN(CC)C(=O)CNC1CCCC(C2CC2)C1. The van der Waals surface area contributed by atoms with Crippen molar-refractivity contribution in [3.8, 4) is 0 Å². The van der Waals surface area contributed by atoms with Crippen LogP contribution in [0.25, 0.3) is 0 Å². The van der Waals surface area contributed by atoms with Crippen LogP contribution in [0.4, 0.5) is 0 Å². The van der Waals surface area contributed by atoms with E-state index in [2.05, 4.69) is 5.32 Å². The summed E-state index contributed by atoms with van der Waals surface area (Å²) >= 11 is 0. The Kier molecular flexibility index (Phi) is 5.04. The Hall–Kier alpha value is -0.570. The minimum Gasteiger partial charge on any atom is -0.342 e. The van der Waals surface area contributed by atoms with Crippen LogP contribution in [0.5, 0.6) is 0 Å². The lowest BCUT2D eigenvalue weighted by Gasteiger charge is -2.30. The van der Waals surface area contributed by atoms with E-state index in [4.69, 9.17) is 0 Å². The van der Waals surface area contributed by atoms with Gasteiger partial charge < -0.3 is 10.2 Å². The predicted molar refractivity (Wildman–Crippen MR) is 74.4 cm³/mol. The fourth-order valence-electron chi connectivity index (χ4n) is 3.33. The number of carbonyl (C=O) groups excluding carboxylic acids is 1. The van der Waals surface area contributed by atoms with Gasteiger partial charge in [0.15, 0.2) is 0 Å². The number of nitrogens with zero attached hydrogens (tertiary/aromatic N) is 1. The number of hydrogen-bond acceptors (Lipinski definition) is 2. The molecule has 1 amide bonds. The Labute approximate surface area is 111 Å². The van der Waals surface area contributed by atoms with Gasteiger partial charge in [-0.25, -0.2) is 0 Å². The molecule has 2 saturated carbocycles. The molecule has 1 N–H and O–H groups in total. The number of likely N-dealkylation sites (N-methyl/N-ethyl adjacent to an activating group) is 1. The van der Waals surface area contributed by atoms with Crippen molar-refractivity contribution in [2.24, 2.45) is 11.8 Å². The smallest absolute Gasteiger partial charge is 0.236 e. The zero-order valence-corrected chi connectivity index (χ0v) is 12.0. The summed E-state index contributed by atoms with van der Waals surface area (Å²) in [4.78, 5) is 13.9. The van der Waals surface area contributed by atoms with Crippen molar-refractivity contribution < 1.29 is 4.79 Å². The summed E-state index contributed by atoms with van der Waals surface area (Å²) in [6.45, 7) is 6.28. The van der Waals surface area contributed by atoms with E-state index >= 15 is 0 Å². The van der Waals surface area contributed by atoms with Crippen molar-refractivity contribution in [1.29, 1.82) is 0 Å². The minimum atomic E-state index is 0.258. The molecular formula is C15H28N2O. The van der Waals surface area contributed by atoms with Crippen molar-refractivity contribution in [3.05, 3.63) is 0 Å². The van der Waals surface area contributed by atoms with Gasteiger partial charge in [-0.1, -0.05) is 12.8 Å². The Morgan fingerprint density at radius 1 is 1.11 bits per heavy atom. The fourth-order valence-corrected chi connectivity index (χ4v) is 3.33. The molecule has 0 spiro atoms. The molecule has 3 nitrogen and oxygen atoms in total. The van der Waals surface area contributed by atoms with Crippen LogP contribution in [-0.2, 0) is 4.79 Å². The number of amides is 1. The minimum absolute atomic E-state index is 0.258. The second-order valence-corrected chi connectivity index (χ2v) is 5.91. The first kappa shape index (κ1) is 13.9. The van der Waals surface area contributed by atoms with E-state index in [1.165, 1.54) is 38.5 Å². The fraction of sp³-hybridized carbons (Fsp3) is 0.933. The van der Waals surface area contributed by atoms with Crippen LogP contribution >= 0.6 is 0 Å². The van der Waals surface area contributed by atoms with Gasteiger partial charge in [0, 0.05) is 19.1 Å². The van der Waals surface area contributed by atoms with E-state index in [0.717, 1.165) is 24.9 Å². The lowest BCUT2D eigenvalue weighted by Crippen LogP contribution is -2.43. The number of rotatable bonds is 6. The van der Waals surface area contributed by atoms with Gasteiger partial charge in [-0.05, 0) is 51.4 Å². The molecule has 0 aromatic heterocycles. The lowest BCUT2D eigenvalue weighted by molar-refractivity contribution is -0.130. The van der Waals surface area contributed by atoms with Gasteiger partial charge in [0.05, 0.1) is 6.54 Å². The first-order chi connectivity index (χ1) is 8.74. The van der Waals surface area contributed by atoms with E-state index in [-0.39, 0.29) is 5.91 Å². The molecule has 0 saturated heterocycles. The van der Waals surface area contributed by atoms with Crippen molar-refractivity contribution >= 4 is 5.91 Å². The van der Waals surface area contributed by atoms with E-state index < -0.39 is 0 Å². The Balaban J connectivity index is 1.70. The average molecular weight is 252 g/mol. The van der Waals surface area contributed by atoms with Gasteiger partial charge in [-0.2, -0.15) is 0 Å². The first-order valence-electron chi connectivity index (χ1n) is 7.75. The maximum absolute atomic E-state index is 11.9. The van der Waals surface area contributed by atoms with Crippen LogP contribution in [0.15, 0.2) is 0 Å². The quantitative estimate of drug-likeness (QED) is 0.787. The monoisotopic (exact) mass is 252 g/mol. The molecule has 0 aromatic rings. The van der Waals surface area contributed by atoms with Crippen molar-refractivity contribution in [3.63, 3.8) is 0 Å². The molecule has 0 aromatic carbocycles. The van der Waals surface area contributed by atoms with E-state index in [1.807, 2.05) is 18.7 Å². The van der Waals surface area contributed by atoms with Crippen LogP contribution < -0.4 is 5.32 Å². The van der Waals surface area contributed by atoms with Gasteiger partial charge in [0.25, 0.3) is 0 Å². The summed E-state index contributed by atoms with van der Waals surface area (Å²) in [7, 11) is 0. The molecule has 2 rings (SSSR count). The van der Waals surface area contributed by atoms with Crippen molar-refractivity contribution in [1.82, 2.24) is 10.2 Å². The third-order valence-electron chi connectivity index (χ3n) is 4.66. The Bertz CT molecular complexity index is 272. The Morgan fingerprint density at radius 2 is 1.83 bits per heavy atom. The highest BCUT2D eigenvalue weighted by Crippen LogP contribution is 2.43. The lowest BCUT2D eigenvalue weighted by atomic mass is 9.83. The van der Waals surface area contributed by atoms with Gasteiger partial charge in [-0.3, -0.25) is 4.79 Å². The molecule has 0 aliphatic heterocycles. The van der Waals surface area contributed by atoms with Crippen LogP contribution in [0, 0.1) is 11.8 Å². The molecule has 0 radical (unpaired) electrons.